The fourth-order valence-electron chi connectivity index (χ4n) is 1.21. The Kier molecular flexibility index (Phi) is 2.42. The van der Waals surface area contributed by atoms with Crippen LogP contribution in [0.25, 0.3) is 5.69 Å². The summed E-state index contributed by atoms with van der Waals surface area (Å²) >= 11 is 0. The Morgan fingerprint density at radius 3 is 2.88 bits per heavy atom. The highest BCUT2D eigenvalue weighted by Crippen LogP contribution is 2.15. The monoisotopic (exact) mass is 218 g/mol. The molecular formula is C9H6N4O3. The molecule has 0 spiro atoms. The van der Waals surface area contributed by atoms with Gasteiger partial charge in [0.05, 0.1) is 16.8 Å². The first kappa shape index (κ1) is 9.97. The molecule has 0 atom stereocenters. The molecule has 0 aliphatic rings. The summed E-state index contributed by atoms with van der Waals surface area (Å²) in [5, 5.41) is 17.8. The second-order valence-corrected chi connectivity index (χ2v) is 2.98. The van der Waals surface area contributed by atoms with Crippen LogP contribution in [0.4, 0.5) is 5.69 Å². The van der Waals surface area contributed by atoms with Gasteiger partial charge >= 0.3 is 0 Å². The summed E-state index contributed by atoms with van der Waals surface area (Å²) in [6.07, 6.45) is 1.95. The Hall–Kier alpha value is -2.57. The summed E-state index contributed by atoms with van der Waals surface area (Å²) in [5.74, 6) is 0. The van der Waals surface area contributed by atoms with E-state index in [1.54, 1.807) is 6.07 Å². The molecular weight excluding hydrogens is 212 g/mol. The molecule has 0 N–H and O–H groups in total. The van der Waals surface area contributed by atoms with Crippen LogP contribution in [0.15, 0.2) is 30.5 Å². The van der Waals surface area contributed by atoms with E-state index in [0.29, 0.717) is 12.0 Å². The van der Waals surface area contributed by atoms with Crippen molar-refractivity contribution >= 4 is 12.0 Å². The number of aromatic nitrogens is 3. The van der Waals surface area contributed by atoms with Crippen LogP contribution in [0.1, 0.15) is 10.5 Å². The molecule has 1 aromatic carbocycles. The van der Waals surface area contributed by atoms with Gasteiger partial charge in [0.25, 0.3) is 5.69 Å². The Bertz CT molecular complexity index is 549. The van der Waals surface area contributed by atoms with Gasteiger partial charge in [0, 0.05) is 12.1 Å². The zero-order valence-corrected chi connectivity index (χ0v) is 7.98. The third-order valence-electron chi connectivity index (χ3n) is 1.94. The predicted octanol–water partition coefficient (Wildman–Crippen LogP) is 0.988. The molecule has 0 saturated carbocycles. The molecule has 0 fully saturated rings. The lowest BCUT2D eigenvalue weighted by atomic mass is 10.3. The summed E-state index contributed by atoms with van der Waals surface area (Å²) in [5.41, 5.74) is 0.613. The summed E-state index contributed by atoms with van der Waals surface area (Å²) in [6, 6.07) is 5.90. The number of non-ortho nitro benzene ring substituents is 1. The number of aldehydes is 1. The summed E-state index contributed by atoms with van der Waals surface area (Å²) in [7, 11) is 0. The molecule has 1 aromatic heterocycles. The van der Waals surface area contributed by atoms with E-state index in [1.165, 1.54) is 29.1 Å². The Morgan fingerprint density at radius 1 is 1.44 bits per heavy atom. The van der Waals surface area contributed by atoms with Crippen LogP contribution in [0.5, 0.6) is 0 Å². The summed E-state index contributed by atoms with van der Waals surface area (Å²) in [4.78, 5) is 20.5. The van der Waals surface area contributed by atoms with Gasteiger partial charge in [-0.1, -0.05) is 11.3 Å². The first-order valence-corrected chi connectivity index (χ1v) is 4.33. The molecule has 0 unspecified atom stereocenters. The zero-order valence-electron chi connectivity index (χ0n) is 7.98. The van der Waals surface area contributed by atoms with Gasteiger partial charge in [-0.25, -0.2) is 4.68 Å². The van der Waals surface area contributed by atoms with E-state index in [2.05, 4.69) is 10.3 Å². The second kappa shape index (κ2) is 3.89. The van der Waals surface area contributed by atoms with Crippen molar-refractivity contribution < 1.29 is 9.72 Å². The van der Waals surface area contributed by atoms with Gasteiger partial charge < -0.3 is 0 Å². The molecule has 7 nitrogen and oxygen atoms in total. The largest absolute Gasteiger partial charge is 0.296 e. The molecule has 0 amide bonds. The van der Waals surface area contributed by atoms with E-state index in [-0.39, 0.29) is 11.4 Å². The van der Waals surface area contributed by atoms with Gasteiger partial charge in [-0.2, -0.15) is 0 Å². The minimum absolute atomic E-state index is 0.0411. The second-order valence-electron chi connectivity index (χ2n) is 2.98. The molecule has 80 valence electrons. The van der Waals surface area contributed by atoms with Crippen molar-refractivity contribution in [3.63, 3.8) is 0 Å². The van der Waals surface area contributed by atoms with Crippen LogP contribution in [0, 0.1) is 10.1 Å². The van der Waals surface area contributed by atoms with Crippen molar-refractivity contribution in [3.8, 4) is 5.69 Å². The third kappa shape index (κ3) is 1.78. The van der Waals surface area contributed by atoms with Gasteiger partial charge in [-0.05, 0) is 6.07 Å². The van der Waals surface area contributed by atoms with Gasteiger partial charge in [0.15, 0.2) is 6.29 Å². The highest BCUT2D eigenvalue weighted by Gasteiger charge is 2.08. The standard InChI is InChI=1S/C9H6N4O3/c14-6-7-5-12(11-10-7)8-2-1-3-9(4-8)13(15)16/h1-6H. The molecule has 7 heteroatoms. The molecule has 2 rings (SSSR count). The van der Waals surface area contributed by atoms with Crippen molar-refractivity contribution in [1.82, 2.24) is 15.0 Å². The van der Waals surface area contributed by atoms with Crippen LogP contribution >= 0.6 is 0 Å². The number of hydrogen-bond acceptors (Lipinski definition) is 5. The highest BCUT2D eigenvalue weighted by atomic mass is 16.6. The van der Waals surface area contributed by atoms with Crippen LogP contribution in [-0.2, 0) is 0 Å². The maximum Gasteiger partial charge on any atom is 0.271 e. The molecule has 0 bridgehead atoms. The van der Waals surface area contributed by atoms with Crippen molar-refractivity contribution in [3.05, 3.63) is 46.3 Å². The minimum Gasteiger partial charge on any atom is -0.296 e. The number of rotatable bonds is 3. The number of hydrogen-bond donors (Lipinski definition) is 0. The van der Waals surface area contributed by atoms with E-state index in [9.17, 15) is 14.9 Å². The molecule has 16 heavy (non-hydrogen) atoms. The number of carbonyl (C=O) groups excluding carboxylic acids is 1. The smallest absolute Gasteiger partial charge is 0.271 e. The Labute approximate surface area is 89.5 Å². The average Bonchev–Trinajstić information content (AvgIpc) is 2.77. The minimum atomic E-state index is -0.499. The molecule has 0 radical (unpaired) electrons. The molecule has 0 aliphatic carbocycles. The van der Waals surface area contributed by atoms with Gasteiger partial charge in [-0.3, -0.25) is 14.9 Å². The predicted molar refractivity (Wildman–Crippen MR) is 53.4 cm³/mol. The number of nitro benzene ring substituents is 1. The van der Waals surface area contributed by atoms with Gasteiger partial charge in [0.1, 0.15) is 5.69 Å². The van der Waals surface area contributed by atoms with Gasteiger partial charge in [0.2, 0.25) is 0 Å². The maximum absolute atomic E-state index is 10.5. The summed E-state index contributed by atoms with van der Waals surface area (Å²) in [6.45, 7) is 0. The lowest BCUT2D eigenvalue weighted by Crippen LogP contribution is -1.96. The lowest BCUT2D eigenvalue weighted by molar-refractivity contribution is -0.384. The number of nitrogens with zero attached hydrogens (tertiary/aromatic N) is 4. The maximum atomic E-state index is 10.5. The SMILES string of the molecule is O=Cc1cn(-c2cccc([N+](=O)[O-])c2)nn1. The quantitative estimate of drug-likeness (QED) is 0.435. The van der Waals surface area contributed by atoms with Crippen molar-refractivity contribution in [2.45, 2.75) is 0 Å². The molecule has 0 aliphatic heterocycles. The topological polar surface area (TPSA) is 90.9 Å². The van der Waals surface area contributed by atoms with E-state index in [0.717, 1.165) is 0 Å². The first-order chi connectivity index (χ1) is 7.70. The molecule has 2 aromatic rings. The third-order valence-corrected chi connectivity index (χ3v) is 1.94. The summed E-state index contributed by atoms with van der Waals surface area (Å²) < 4.78 is 1.30. The van der Waals surface area contributed by atoms with Crippen molar-refractivity contribution in [2.24, 2.45) is 0 Å². The van der Waals surface area contributed by atoms with E-state index in [1.807, 2.05) is 0 Å². The molecule has 1 heterocycles. The lowest BCUT2D eigenvalue weighted by Gasteiger charge is -1.98. The zero-order chi connectivity index (χ0) is 11.5. The molecule has 0 saturated heterocycles. The average molecular weight is 218 g/mol. The number of nitro groups is 1. The van der Waals surface area contributed by atoms with Crippen molar-refractivity contribution in [2.75, 3.05) is 0 Å². The van der Waals surface area contributed by atoms with Crippen LogP contribution < -0.4 is 0 Å². The number of benzene rings is 1. The fraction of sp³-hybridized carbons (Fsp3) is 0. The highest BCUT2D eigenvalue weighted by molar-refractivity contribution is 5.70. The van der Waals surface area contributed by atoms with Crippen LogP contribution in [0.2, 0.25) is 0 Å². The van der Waals surface area contributed by atoms with E-state index in [4.69, 9.17) is 0 Å². The number of carbonyl (C=O) groups is 1. The first-order valence-electron chi connectivity index (χ1n) is 4.33. The van der Waals surface area contributed by atoms with Crippen LogP contribution in [0.3, 0.4) is 0 Å². The van der Waals surface area contributed by atoms with E-state index >= 15 is 0 Å². The normalized spacial score (nSPS) is 10.0. The Morgan fingerprint density at radius 2 is 2.25 bits per heavy atom. The fourth-order valence-corrected chi connectivity index (χ4v) is 1.21. The Balaban J connectivity index is 2.43. The van der Waals surface area contributed by atoms with E-state index < -0.39 is 4.92 Å². The van der Waals surface area contributed by atoms with Gasteiger partial charge in [-0.15, -0.1) is 5.10 Å². The van der Waals surface area contributed by atoms with Crippen molar-refractivity contribution in [1.29, 1.82) is 0 Å². The van der Waals surface area contributed by atoms with Crippen LogP contribution in [-0.4, -0.2) is 26.2 Å².